The highest BCUT2D eigenvalue weighted by Gasteiger charge is 2.20. The third-order valence-corrected chi connectivity index (χ3v) is 3.13. The van der Waals surface area contributed by atoms with Crippen molar-refractivity contribution in [1.29, 1.82) is 0 Å². The number of hydrogen-bond donors (Lipinski definition) is 3. The van der Waals surface area contributed by atoms with Crippen molar-refractivity contribution in [2.75, 3.05) is 11.9 Å². The first-order valence-corrected chi connectivity index (χ1v) is 6.86. The molecule has 0 saturated carbocycles. The van der Waals surface area contributed by atoms with E-state index in [-0.39, 0.29) is 5.56 Å². The number of halogens is 3. The van der Waals surface area contributed by atoms with Crippen molar-refractivity contribution in [3.63, 3.8) is 0 Å². The van der Waals surface area contributed by atoms with Crippen molar-refractivity contribution >= 4 is 17.5 Å². The van der Waals surface area contributed by atoms with E-state index < -0.39 is 47.6 Å². The zero-order valence-electron chi connectivity index (χ0n) is 12.2. The fourth-order valence-electron chi connectivity index (χ4n) is 1.91. The van der Waals surface area contributed by atoms with Crippen LogP contribution in [0.15, 0.2) is 42.5 Å². The fourth-order valence-corrected chi connectivity index (χ4v) is 1.91. The Hall–Kier alpha value is -2.87. The van der Waals surface area contributed by atoms with Crippen LogP contribution in [0, 0.1) is 17.5 Å². The third-order valence-electron chi connectivity index (χ3n) is 3.13. The summed E-state index contributed by atoms with van der Waals surface area (Å²) in [5.74, 6) is -5.30. The van der Waals surface area contributed by atoms with Gasteiger partial charge in [-0.25, -0.2) is 13.2 Å². The van der Waals surface area contributed by atoms with Gasteiger partial charge in [0.1, 0.15) is 23.1 Å². The van der Waals surface area contributed by atoms with Crippen molar-refractivity contribution in [3.05, 3.63) is 65.5 Å². The number of nitrogens with one attached hydrogen (secondary N) is 2. The summed E-state index contributed by atoms with van der Waals surface area (Å²) in [5.41, 5.74) is -0.814. The first kappa shape index (κ1) is 17.5. The van der Waals surface area contributed by atoms with Gasteiger partial charge in [0.2, 0.25) is 0 Å². The molecule has 1 unspecified atom stereocenters. The zero-order valence-corrected chi connectivity index (χ0v) is 12.2. The number of carbonyl (C=O) groups is 2. The minimum absolute atomic E-state index is 0.0571. The molecule has 3 N–H and O–H groups in total. The lowest BCUT2D eigenvalue weighted by atomic mass is 10.1. The molecule has 0 aliphatic rings. The number of aliphatic hydroxyl groups excluding tert-OH is 1. The minimum Gasteiger partial charge on any atom is -0.386 e. The second kappa shape index (κ2) is 7.60. The van der Waals surface area contributed by atoms with Crippen LogP contribution >= 0.6 is 0 Å². The van der Waals surface area contributed by atoms with Gasteiger partial charge in [0.05, 0.1) is 6.10 Å². The van der Waals surface area contributed by atoms with Gasteiger partial charge in [0, 0.05) is 12.1 Å². The maximum absolute atomic E-state index is 13.5. The number of aliphatic hydroxyl groups is 1. The summed E-state index contributed by atoms with van der Waals surface area (Å²) in [7, 11) is 0. The fraction of sp³-hybridized carbons (Fsp3) is 0.125. The molecule has 8 heteroatoms. The Bertz CT molecular complexity index is 748. The van der Waals surface area contributed by atoms with Gasteiger partial charge in [0.15, 0.2) is 0 Å². The molecule has 1 atom stereocenters. The summed E-state index contributed by atoms with van der Waals surface area (Å²) in [6.07, 6.45) is -1.38. The lowest BCUT2D eigenvalue weighted by molar-refractivity contribution is -0.136. The predicted molar refractivity (Wildman–Crippen MR) is 79.4 cm³/mol. The summed E-state index contributed by atoms with van der Waals surface area (Å²) in [6, 6.07) is 8.31. The molecule has 126 valence electrons. The molecule has 24 heavy (non-hydrogen) atoms. The van der Waals surface area contributed by atoms with Crippen LogP contribution in [0.4, 0.5) is 18.9 Å². The molecule has 2 aromatic carbocycles. The Balaban J connectivity index is 1.95. The normalized spacial score (nSPS) is 11.7. The van der Waals surface area contributed by atoms with Gasteiger partial charge in [-0.05, 0) is 18.2 Å². The first-order valence-electron chi connectivity index (χ1n) is 6.86. The van der Waals surface area contributed by atoms with E-state index in [1.165, 1.54) is 18.2 Å². The van der Waals surface area contributed by atoms with Gasteiger partial charge in [-0.3, -0.25) is 9.59 Å². The smallest absolute Gasteiger partial charge is 0.313 e. The Kier molecular flexibility index (Phi) is 5.54. The standard InChI is InChI=1S/C16H13F3N2O3/c17-10-5-2-1-4-9(10)13(22)8-20-15(23)16(24)21-14-11(18)6-3-7-12(14)19/h1-7,13,22H,8H2,(H,20,23)(H,21,24). The number of carbonyl (C=O) groups excluding carboxylic acids is 2. The first-order chi connectivity index (χ1) is 11.4. The van der Waals surface area contributed by atoms with E-state index in [1.807, 2.05) is 0 Å². The molecule has 2 amide bonds. The molecule has 0 saturated heterocycles. The van der Waals surface area contributed by atoms with Crippen molar-refractivity contribution in [2.45, 2.75) is 6.10 Å². The van der Waals surface area contributed by atoms with E-state index in [2.05, 4.69) is 5.32 Å². The maximum atomic E-state index is 13.5. The third kappa shape index (κ3) is 4.11. The Morgan fingerprint density at radius 3 is 2.12 bits per heavy atom. The molecule has 0 aliphatic heterocycles. The quantitative estimate of drug-likeness (QED) is 0.745. The molecule has 5 nitrogen and oxygen atoms in total. The molecule has 0 aliphatic carbocycles. The second-order valence-electron chi connectivity index (χ2n) is 4.80. The van der Waals surface area contributed by atoms with Crippen LogP contribution in [0.25, 0.3) is 0 Å². The number of rotatable bonds is 4. The van der Waals surface area contributed by atoms with Crippen LogP contribution in [0.5, 0.6) is 0 Å². The summed E-state index contributed by atoms with van der Waals surface area (Å²) in [6.45, 7) is -0.451. The van der Waals surface area contributed by atoms with Crippen LogP contribution in [0.3, 0.4) is 0 Å². The topological polar surface area (TPSA) is 78.4 Å². The van der Waals surface area contributed by atoms with E-state index in [4.69, 9.17) is 0 Å². The highest BCUT2D eigenvalue weighted by molar-refractivity contribution is 6.39. The van der Waals surface area contributed by atoms with Crippen molar-refractivity contribution in [3.8, 4) is 0 Å². The summed E-state index contributed by atoms with van der Waals surface area (Å²) in [4.78, 5) is 23.2. The summed E-state index contributed by atoms with van der Waals surface area (Å²) in [5, 5.41) is 13.7. The summed E-state index contributed by atoms with van der Waals surface area (Å²) >= 11 is 0. The van der Waals surface area contributed by atoms with Crippen molar-refractivity contribution in [1.82, 2.24) is 5.32 Å². The Morgan fingerprint density at radius 1 is 0.917 bits per heavy atom. The number of amides is 2. The average molecular weight is 338 g/mol. The molecule has 0 spiro atoms. The molecular weight excluding hydrogens is 325 g/mol. The number of benzene rings is 2. The zero-order chi connectivity index (χ0) is 17.7. The SMILES string of the molecule is O=C(NCC(O)c1ccccc1F)C(=O)Nc1c(F)cccc1F. The van der Waals surface area contributed by atoms with Gasteiger partial charge in [0.25, 0.3) is 0 Å². The number of hydrogen-bond acceptors (Lipinski definition) is 3. The van der Waals surface area contributed by atoms with Crippen LogP contribution in [-0.4, -0.2) is 23.5 Å². The van der Waals surface area contributed by atoms with E-state index in [1.54, 1.807) is 5.32 Å². The van der Waals surface area contributed by atoms with Gasteiger partial charge in [-0.2, -0.15) is 0 Å². The molecule has 2 aromatic rings. The van der Waals surface area contributed by atoms with E-state index in [9.17, 15) is 27.9 Å². The molecule has 0 heterocycles. The van der Waals surface area contributed by atoms with Crippen LogP contribution in [0.2, 0.25) is 0 Å². The van der Waals surface area contributed by atoms with Crippen molar-refractivity contribution in [2.24, 2.45) is 0 Å². The molecule has 0 aromatic heterocycles. The molecule has 0 fully saturated rings. The van der Waals surface area contributed by atoms with Gasteiger partial charge >= 0.3 is 11.8 Å². The highest BCUT2D eigenvalue weighted by Crippen LogP contribution is 2.18. The predicted octanol–water partition coefficient (Wildman–Crippen LogP) is 1.89. The lowest BCUT2D eigenvalue weighted by Crippen LogP contribution is -2.38. The largest absolute Gasteiger partial charge is 0.386 e. The molecule has 0 bridgehead atoms. The highest BCUT2D eigenvalue weighted by atomic mass is 19.1. The van der Waals surface area contributed by atoms with E-state index in [0.717, 1.165) is 24.3 Å². The molecule has 2 rings (SSSR count). The van der Waals surface area contributed by atoms with Gasteiger partial charge in [-0.15, -0.1) is 0 Å². The van der Waals surface area contributed by atoms with Crippen LogP contribution < -0.4 is 10.6 Å². The van der Waals surface area contributed by atoms with E-state index >= 15 is 0 Å². The minimum atomic E-state index is -1.38. The lowest BCUT2D eigenvalue weighted by Gasteiger charge is -2.13. The van der Waals surface area contributed by atoms with Crippen molar-refractivity contribution < 1.29 is 27.9 Å². The van der Waals surface area contributed by atoms with Crippen LogP contribution in [-0.2, 0) is 9.59 Å². The molecular formula is C16H13F3N2O3. The van der Waals surface area contributed by atoms with Gasteiger partial charge in [-0.1, -0.05) is 24.3 Å². The van der Waals surface area contributed by atoms with Gasteiger partial charge < -0.3 is 15.7 Å². The maximum Gasteiger partial charge on any atom is 0.313 e. The number of anilines is 1. The average Bonchev–Trinajstić information content (AvgIpc) is 2.56. The Labute approximate surface area is 135 Å². The van der Waals surface area contributed by atoms with E-state index in [0.29, 0.717) is 0 Å². The second-order valence-corrected chi connectivity index (χ2v) is 4.80. The Morgan fingerprint density at radius 2 is 1.50 bits per heavy atom. The summed E-state index contributed by atoms with van der Waals surface area (Å²) < 4.78 is 40.2. The molecule has 0 radical (unpaired) electrons. The number of para-hydroxylation sites is 1. The van der Waals surface area contributed by atoms with Crippen LogP contribution in [0.1, 0.15) is 11.7 Å². The monoisotopic (exact) mass is 338 g/mol.